The van der Waals surface area contributed by atoms with Gasteiger partial charge in [0.1, 0.15) is 6.54 Å². The lowest BCUT2D eigenvalue weighted by atomic mass is 10.1. The van der Waals surface area contributed by atoms with Crippen molar-refractivity contribution < 1.29 is 9.90 Å². The van der Waals surface area contributed by atoms with Crippen molar-refractivity contribution in [2.24, 2.45) is 0 Å². The fourth-order valence-corrected chi connectivity index (χ4v) is 3.07. The van der Waals surface area contributed by atoms with Crippen LogP contribution in [-0.4, -0.2) is 47.8 Å². The molecule has 0 amide bonds. The van der Waals surface area contributed by atoms with Gasteiger partial charge in [-0.3, -0.25) is 4.79 Å². The van der Waals surface area contributed by atoms with Crippen LogP contribution in [0.4, 0.5) is 5.95 Å². The zero-order chi connectivity index (χ0) is 21.1. The van der Waals surface area contributed by atoms with Gasteiger partial charge >= 0.3 is 5.97 Å². The average molecular weight is 442 g/mol. The molecule has 0 saturated carbocycles. The summed E-state index contributed by atoms with van der Waals surface area (Å²) in [5.74, 6) is -0.475. The molecule has 4 aromatic rings. The molecule has 9 nitrogen and oxygen atoms in total. The summed E-state index contributed by atoms with van der Waals surface area (Å²) in [4.78, 5) is 19.6. The van der Waals surface area contributed by atoms with Gasteiger partial charge in [0.15, 0.2) is 5.82 Å². The van der Waals surface area contributed by atoms with Gasteiger partial charge in [0.25, 0.3) is 0 Å². The monoisotopic (exact) mass is 441 g/mol. The third kappa shape index (κ3) is 4.22. The number of nitrogens with one attached hydrogen (secondary N) is 1. The number of tetrazole rings is 1. The van der Waals surface area contributed by atoms with Crippen molar-refractivity contribution in [2.45, 2.75) is 0 Å². The van der Waals surface area contributed by atoms with Gasteiger partial charge < -0.3 is 10.4 Å². The van der Waals surface area contributed by atoms with Crippen molar-refractivity contribution in [1.29, 1.82) is 0 Å². The lowest BCUT2D eigenvalue weighted by molar-refractivity contribution is -0.134. The van der Waals surface area contributed by atoms with Crippen LogP contribution in [0.5, 0.6) is 0 Å². The van der Waals surface area contributed by atoms with Gasteiger partial charge in [-0.2, -0.15) is 4.68 Å². The Labute approximate surface area is 180 Å². The summed E-state index contributed by atoms with van der Waals surface area (Å²) in [5.41, 5.74) is 2.43. The van der Waals surface area contributed by atoms with E-state index in [1.807, 2.05) is 6.07 Å². The molecular weight excluding hydrogens is 429 g/mol. The molecule has 2 aromatic carbocycles. The first-order chi connectivity index (χ1) is 14.5. The third-order valence-electron chi connectivity index (χ3n) is 4.07. The molecule has 0 saturated heterocycles. The third-order valence-corrected chi connectivity index (χ3v) is 4.55. The summed E-state index contributed by atoms with van der Waals surface area (Å²) in [6.07, 6.45) is 1.53. The van der Waals surface area contributed by atoms with Crippen molar-refractivity contribution in [3.63, 3.8) is 0 Å². The average Bonchev–Trinajstić information content (AvgIpc) is 3.22. The Bertz CT molecular complexity index is 1210. The second-order valence-electron chi connectivity index (χ2n) is 6.10. The molecule has 0 radical (unpaired) electrons. The number of hydrogen-bond donors (Lipinski definition) is 2. The normalized spacial score (nSPS) is 10.7. The first-order valence-corrected chi connectivity index (χ1v) is 9.40. The summed E-state index contributed by atoms with van der Waals surface area (Å²) in [7, 11) is 0. The Morgan fingerprint density at radius 2 is 1.90 bits per heavy atom. The van der Waals surface area contributed by atoms with Crippen molar-refractivity contribution in [3.05, 3.63) is 64.8 Å². The van der Waals surface area contributed by atoms with Crippen LogP contribution < -0.4 is 5.32 Å². The molecule has 2 aromatic heterocycles. The number of anilines is 1. The van der Waals surface area contributed by atoms with E-state index in [1.54, 1.807) is 42.5 Å². The molecule has 2 N–H and O–H groups in total. The fourth-order valence-electron chi connectivity index (χ4n) is 2.75. The Morgan fingerprint density at radius 3 is 2.63 bits per heavy atom. The zero-order valence-corrected chi connectivity index (χ0v) is 16.7. The van der Waals surface area contributed by atoms with Crippen molar-refractivity contribution >= 4 is 35.1 Å². The number of hydrogen-bond acceptors (Lipinski definition) is 7. The summed E-state index contributed by atoms with van der Waals surface area (Å²) in [6.45, 7) is -0.323. The van der Waals surface area contributed by atoms with Gasteiger partial charge in [0.05, 0.1) is 16.9 Å². The van der Waals surface area contributed by atoms with Gasteiger partial charge in [-0.15, -0.1) is 5.10 Å². The van der Waals surface area contributed by atoms with E-state index in [1.165, 1.54) is 10.9 Å². The lowest BCUT2D eigenvalue weighted by Gasteiger charge is -2.11. The molecule has 0 spiro atoms. The van der Waals surface area contributed by atoms with Gasteiger partial charge in [0.2, 0.25) is 5.95 Å². The summed E-state index contributed by atoms with van der Waals surface area (Å²) in [5, 5.41) is 24.7. The molecule has 0 bridgehead atoms. The highest BCUT2D eigenvalue weighted by atomic mass is 35.5. The van der Waals surface area contributed by atoms with Crippen LogP contribution in [0.3, 0.4) is 0 Å². The van der Waals surface area contributed by atoms with Crippen LogP contribution in [0, 0.1) is 0 Å². The lowest BCUT2D eigenvalue weighted by Crippen LogP contribution is -2.14. The van der Waals surface area contributed by atoms with Crippen LogP contribution in [0.25, 0.3) is 28.3 Å². The second-order valence-corrected chi connectivity index (χ2v) is 6.98. The number of halogens is 2. The van der Waals surface area contributed by atoms with E-state index in [0.29, 0.717) is 38.4 Å². The zero-order valence-electron chi connectivity index (χ0n) is 15.2. The van der Waals surface area contributed by atoms with Crippen molar-refractivity contribution in [1.82, 2.24) is 30.2 Å². The largest absolute Gasteiger partial charge is 0.480 e. The fraction of sp³-hybridized carbons (Fsp3) is 0.0526. The molecule has 0 atom stereocenters. The molecule has 0 aliphatic carbocycles. The van der Waals surface area contributed by atoms with Crippen molar-refractivity contribution in [3.8, 4) is 28.3 Å². The highest BCUT2D eigenvalue weighted by Gasteiger charge is 2.19. The van der Waals surface area contributed by atoms with Gasteiger partial charge in [-0.1, -0.05) is 35.3 Å². The summed E-state index contributed by atoms with van der Waals surface area (Å²) < 4.78 is 1.54. The molecule has 0 unspecified atom stereocenters. The minimum Gasteiger partial charge on any atom is -0.480 e. The number of carboxylic acids is 1. The Balaban J connectivity index is 1.85. The van der Waals surface area contributed by atoms with E-state index >= 15 is 0 Å². The van der Waals surface area contributed by atoms with E-state index in [2.05, 4.69) is 30.8 Å². The smallest absolute Gasteiger partial charge is 0.322 e. The minimum atomic E-state index is -1.03. The second kappa shape index (κ2) is 8.44. The number of aliphatic carboxylic acids is 1. The summed E-state index contributed by atoms with van der Waals surface area (Å²) >= 11 is 12.1. The quantitative estimate of drug-likeness (QED) is 0.465. The van der Waals surface area contributed by atoms with Gasteiger partial charge in [0, 0.05) is 21.8 Å². The SMILES string of the molecule is O=C(O)CNc1ncc(-c2nnnn2-c2ccc(Cl)cc2)c(-c2cccc(Cl)c2)n1. The number of nitrogens with zero attached hydrogens (tertiary/aromatic N) is 6. The number of carboxylic acid groups (broad SMARTS) is 1. The molecule has 0 aliphatic heterocycles. The van der Waals surface area contributed by atoms with E-state index in [-0.39, 0.29) is 12.5 Å². The molecule has 0 fully saturated rings. The summed E-state index contributed by atoms with van der Waals surface area (Å²) in [6, 6.07) is 14.1. The Morgan fingerprint density at radius 1 is 1.10 bits per heavy atom. The van der Waals surface area contributed by atoms with Crippen LogP contribution in [0.1, 0.15) is 0 Å². The molecule has 150 valence electrons. The van der Waals surface area contributed by atoms with Gasteiger partial charge in [-0.25, -0.2) is 9.97 Å². The first kappa shape index (κ1) is 19.7. The van der Waals surface area contributed by atoms with Gasteiger partial charge in [-0.05, 0) is 46.8 Å². The van der Waals surface area contributed by atoms with E-state index in [0.717, 1.165) is 0 Å². The van der Waals surface area contributed by atoms with Crippen LogP contribution >= 0.6 is 23.2 Å². The maximum atomic E-state index is 10.9. The maximum absolute atomic E-state index is 10.9. The van der Waals surface area contributed by atoms with Crippen LogP contribution in [-0.2, 0) is 4.79 Å². The number of benzene rings is 2. The highest BCUT2D eigenvalue weighted by Crippen LogP contribution is 2.31. The Hall–Kier alpha value is -3.56. The molecular formula is C19H13Cl2N7O2. The van der Waals surface area contributed by atoms with E-state index < -0.39 is 5.97 Å². The molecule has 4 rings (SSSR count). The maximum Gasteiger partial charge on any atom is 0.322 e. The minimum absolute atomic E-state index is 0.154. The van der Waals surface area contributed by atoms with Crippen LogP contribution in [0.15, 0.2) is 54.7 Å². The predicted octanol–water partition coefficient (Wildman–Crippen LogP) is 3.59. The molecule has 30 heavy (non-hydrogen) atoms. The highest BCUT2D eigenvalue weighted by molar-refractivity contribution is 6.31. The molecule has 11 heteroatoms. The predicted molar refractivity (Wildman–Crippen MR) is 112 cm³/mol. The molecule has 0 aliphatic rings. The van der Waals surface area contributed by atoms with E-state index in [9.17, 15) is 4.79 Å². The first-order valence-electron chi connectivity index (χ1n) is 8.64. The number of carbonyl (C=O) groups is 1. The van der Waals surface area contributed by atoms with E-state index in [4.69, 9.17) is 28.3 Å². The molecule has 2 heterocycles. The van der Waals surface area contributed by atoms with Crippen LogP contribution in [0.2, 0.25) is 10.0 Å². The standard InChI is InChI=1S/C19H13Cl2N7O2/c20-12-4-6-14(7-5-12)28-18(25-26-27-28)15-9-22-19(23-10-16(29)30)24-17(15)11-2-1-3-13(21)8-11/h1-9H,10H2,(H,29,30)(H,22,23,24). The topological polar surface area (TPSA) is 119 Å². The Kier molecular flexibility index (Phi) is 5.55. The van der Waals surface area contributed by atoms with Crippen molar-refractivity contribution in [2.75, 3.05) is 11.9 Å². The number of aromatic nitrogens is 6. The number of rotatable bonds is 6.